The van der Waals surface area contributed by atoms with Gasteiger partial charge in [-0.05, 0) is 65.0 Å². The highest BCUT2D eigenvalue weighted by Crippen LogP contribution is 2.89. The topological polar surface area (TPSA) is 123 Å². The summed E-state index contributed by atoms with van der Waals surface area (Å²) in [6.07, 6.45) is 2.09. The summed E-state index contributed by atoms with van der Waals surface area (Å²) in [5, 5.41) is -0.412. The number of rotatable bonds is 8. The number of hydrogen-bond donors (Lipinski definition) is 2. The molecule has 10 nitrogen and oxygen atoms in total. The highest BCUT2D eigenvalue weighted by molar-refractivity contribution is 7.78. The monoisotopic (exact) mass is 639 g/mol. The van der Waals surface area contributed by atoms with E-state index in [4.69, 9.17) is 23.1 Å². The van der Waals surface area contributed by atoms with E-state index in [1.807, 2.05) is 19.1 Å². The number of amides is 1. The molecule has 42 heavy (non-hydrogen) atoms. The van der Waals surface area contributed by atoms with Crippen molar-refractivity contribution in [2.45, 2.75) is 70.9 Å². The second-order valence-corrected chi connectivity index (χ2v) is 16.5. The van der Waals surface area contributed by atoms with Crippen molar-refractivity contribution in [3.63, 3.8) is 0 Å². The third kappa shape index (κ3) is 6.15. The molecular formula is C28H36FN3O7P2S+2. The predicted molar refractivity (Wildman–Crippen MR) is 160 cm³/mol. The third-order valence-electron chi connectivity index (χ3n) is 7.58. The lowest BCUT2D eigenvalue weighted by molar-refractivity contribution is 0.0791. The van der Waals surface area contributed by atoms with Crippen molar-refractivity contribution in [2.24, 2.45) is 0 Å². The lowest BCUT2D eigenvalue weighted by atomic mass is 10.1. The van der Waals surface area contributed by atoms with Crippen molar-refractivity contribution in [1.82, 2.24) is 14.9 Å². The van der Waals surface area contributed by atoms with Crippen molar-refractivity contribution in [3.8, 4) is 10.6 Å². The van der Waals surface area contributed by atoms with Crippen LogP contribution in [-0.4, -0.2) is 68.6 Å². The van der Waals surface area contributed by atoms with E-state index in [2.05, 4.69) is 4.98 Å². The Bertz CT molecular complexity index is 1400. The van der Waals surface area contributed by atoms with Crippen LogP contribution in [0.5, 0.6) is 0 Å². The maximum absolute atomic E-state index is 15.6. The number of aromatic nitrogens is 2. The molecule has 226 valence electrons. The Labute approximate surface area is 250 Å². The van der Waals surface area contributed by atoms with Crippen LogP contribution >= 0.6 is 27.2 Å². The molecule has 4 unspecified atom stereocenters. The molecule has 2 aromatic heterocycles. The number of likely N-dealkylation sites (N-methyl/N-ethyl adjacent to an activating group) is 1. The van der Waals surface area contributed by atoms with Gasteiger partial charge in [-0.3, -0.25) is 9.78 Å². The van der Waals surface area contributed by atoms with E-state index < -0.39 is 57.4 Å². The fraction of sp³-hybridized carbons (Fsp3) is 0.464. The quantitative estimate of drug-likeness (QED) is 0.281. The summed E-state index contributed by atoms with van der Waals surface area (Å²) < 4.78 is 39.0. The molecule has 2 aliphatic heterocycles. The molecule has 5 rings (SSSR count). The SMILES string of the molecule is Cc1sc(-c2ccncc2)nc1CCN(C)C(=O)c1ccc(C([P+]2(O)OC(C)C(C)O2)[P+]2(O)OC(C)C(C)O2)cc1F. The summed E-state index contributed by atoms with van der Waals surface area (Å²) in [4.78, 5) is 47.6. The number of pyridine rings is 1. The lowest BCUT2D eigenvalue weighted by Crippen LogP contribution is -2.29. The Morgan fingerprint density at radius 3 is 2.07 bits per heavy atom. The number of benzene rings is 1. The van der Waals surface area contributed by atoms with Crippen molar-refractivity contribution in [3.05, 3.63) is 70.2 Å². The van der Waals surface area contributed by atoms with Gasteiger partial charge in [0.15, 0.2) is 0 Å². The second-order valence-electron chi connectivity index (χ2n) is 10.7. The molecule has 1 aromatic carbocycles. The minimum atomic E-state index is -3.80. The molecule has 4 heterocycles. The summed E-state index contributed by atoms with van der Waals surface area (Å²) in [5.74, 6) is -1.32. The van der Waals surface area contributed by atoms with Crippen LogP contribution in [0.2, 0.25) is 0 Å². The first kappa shape index (κ1) is 31.4. The first-order valence-corrected chi connectivity index (χ1v) is 17.8. The van der Waals surface area contributed by atoms with Gasteiger partial charge in [-0.1, -0.05) is 0 Å². The maximum Gasteiger partial charge on any atom is 0.465 e. The molecule has 2 saturated heterocycles. The van der Waals surface area contributed by atoms with E-state index in [1.165, 1.54) is 17.0 Å². The van der Waals surface area contributed by atoms with Gasteiger partial charge in [0.1, 0.15) is 35.2 Å². The van der Waals surface area contributed by atoms with Gasteiger partial charge in [0.05, 0.1) is 16.8 Å². The van der Waals surface area contributed by atoms with Crippen LogP contribution in [0.1, 0.15) is 59.6 Å². The van der Waals surface area contributed by atoms with Gasteiger partial charge in [-0.15, -0.1) is 11.3 Å². The number of halogens is 1. The van der Waals surface area contributed by atoms with E-state index >= 15 is 4.39 Å². The molecule has 1 amide bonds. The molecule has 14 heteroatoms. The van der Waals surface area contributed by atoms with E-state index in [0.717, 1.165) is 27.2 Å². The van der Waals surface area contributed by atoms with E-state index in [-0.39, 0.29) is 11.1 Å². The molecule has 0 radical (unpaired) electrons. The first-order chi connectivity index (χ1) is 19.8. The zero-order chi connectivity index (χ0) is 30.4. The fourth-order valence-electron chi connectivity index (χ4n) is 4.86. The molecule has 0 saturated carbocycles. The highest BCUT2D eigenvalue weighted by Gasteiger charge is 2.78. The Morgan fingerprint density at radius 1 is 1.00 bits per heavy atom. The van der Waals surface area contributed by atoms with Crippen molar-refractivity contribution < 1.29 is 37.1 Å². The normalized spacial score (nSPS) is 30.0. The molecule has 0 bridgehead atoms. The maximum atomic E-state index is 15.6. The predicted octanol–water partition coefficient (Wildman–Crippen LogP) is 6.12. The van der Waals surface area contributed by atoms with Crippen molar-refractivity contribution in [2.75, 3.05) is 13.6 Å². The van der Waals surface area contributed by atoms with Crippen molar-refractivity contribution in [1.29, 1.82) is 0 Å². The van der Waals surface area contributed by atoms with Gasteiger partial charge in [-0.25, -0.2) is 9.37 Å². The van der Waals surface area contributed by atoms with Crippen LogP contribution in [0.4, 0.5) is 4.39 Å². The summed E-state index contributed by atoms with van der Waals surface area (Å²) in [6.45, 7) is 9.29. The van der Waals surface area contributed by atoms with Crippen LogP contribution in [-0.2, 0) is 24.5 Å². The Hall–Kier alpha value is -1.98. The average molecular weight is 640 g/mol. The number of carbonyl (C=O) groups is 1. The number of nitrogens with zero attached hydrogens (tertiary/aromatic N) is 3. The molecule has 2 N–H and O–H groups in total. The van der Waals surface area contributed by atoms with Gasteiger partial charge >= 0.3 is 21.3 Å². The highest BCUT2D eigenvalue weighted by atomic mass is 32.1. The van der Waals surface area contributed by atoms with Crippen LogP contribution in [0.3, 0.4) is 0 Å². The summed E-state index contributed by atoms with van der Waals surface area (Å²) in [5.41, 5.74) is 1.87. The average Bonchev–Trinajstić information content (AvgIpc) is 3.53. The van der Waals surface area contributed by atoms with Crippen LogP contribution in [0.25, 0.3) is 10.6 Å². The third-order valence-corrected chi connectivity index (χ3v) is 14.8. The van der Waals surface area contributed by atoms with Gasteiger partial charge in [0.25, 0.3) is 5.91 Å². The van der Waals surface area contributed by atoms with Gasteiger partial charge in [0.2, 0.25) is 0 Å². The standard InChI is InChI=1S/C28H36FN3O7P2S/c1-16-17(2)37-40(34,36-16)28(41(35)38-18(3)19(4)39-41)22-7-8-23(24(29)15-22)27(33)32(6)14-11-25-20(5)42-26(31-25)21-9-12-30-13-10-21/h7-10,12-13,15-19,28,34-35H,11,14H2,1-6H3/q+2. The number of carbonyl (C=O) groups excluding carboxylic acids is 1. The number of hydrogen-bond acceptors (Lipinski definition) is 10. The van der Waals surface area contributed by atoms with Gasteiger partial charge in [0, 0.05) is 42.8 Å². The Morgan fingerprint density at radius 2 is 1.55 bits per heavy atom. The lowest BCUT2D eigenvalue weighted by Gasteiger charge is -2.24. The molecule has 2 aliphatic rings. The van der Waals surface area contributed by atoms with E-state index in [0.29, 0.717) is 13.0 Å². The van der Waals surface area contributed by atoms with Gasteiger partial charge in [-0.2, -0.15) is 27.9 Å². The molecule has 4 atom stereocenters. The zero-order valence-corrected chi connectivity index (χ0v) is 26.9. The number of thiazole rings is 1. The molecule has 3 aromatic rings. The summed E-state index contributed by atoms with van der Waals surface area (Å²) >= 11 is 1.57. The van der Waals surface area contributed by atoms with Gasteiger partial charge < -0.3 is 4.90 Å². The second kappa shape index (κ2) is 12.2. The molecule has 0 aliphatic carbocycles. The minimum Gasteiger partial charge on any atom is -0.341 e. The smallest absolute Gasteiger partial charge is 0.341 e. The largest absolute Gasteiger partial charge is 0.465 e. The first-order valence-electron chi connectivity index (χ1n) is 13.7. The molecule has 0 spiro atoms. The summed E-state index contributed by atoms with van der Waals surface area (Å²) in [7, 11) is -5.99. The van der Waals surface area contributed by atoms with E-state index in [1.54, 1.807) is 58.5 Å². The van der Waals surface area contributed by atoms with Crippen molar-refractivity contribution >= 4 is 33.1 Å². The van der Waals surface area contributed by atoms with E-state index in [9.17, 15) is 14.6 Å². The zero-order valence-electron chi connectivity index (χ0n) is 24.3. The van der Waals surface area contributed by atoms with Crippen LogP contribution in [0.15, 0.2) is 42.7 Å². The number of aryl methyl sites for hydroxylation is 1. The Kier molecular flexibility index (Phi) is 9.13. The Balaban J connectivity index is 1.35. The summed E-state index contributed by atoms with van der Waals surface area (Å²) in [6, 6.07) is 7.74. The van der Waals surface area contributed by atoms with Crippen LogP contribution < -0.4 is 0 Å². The minimum absolute atomic E-state index is 0.145. The fourth-order valence-corrected chi connectivity index (χ4v) is 12.2. The molecule has 2 fully saturated rings. The van der Waals surface area contributed by atoms with Crippen LogP contribution in [0, 0.1) is 12.7 Å². The molecular weight excluding hydrogens is 603 g/mol.